The van der Waals surface area contributed by atoms with Gasteiger partial charge in [0.25, 0.3) is 5.91 Å². The van der Waals surface area contributed by atoms with Crippen molar-refractivity contribution in [2.75, 3.05) is 19.6 Å². The Balaban J connectivity index is 1.42. The predicted molar refractivity (Wildman–Crippen MR) is 107 cm³/mol. The average Bonchev–Trinajstić information content (AvgIpc) is 3.02. The molecule has 0 unspecified atom stereocenters. The smallest absolute Gasteiger partial charge is 0.410 e. The van der Waals surface area contributed by atoms with Crippen LogP contribution in [0.3, 0.4) is 0 Å². The molecule has 30 heavy (non-hydrogen) atoms. The van der Waals surface area contributed by atoms with E-state index in [9.17, 15) is 18.4 Å². The lowest BCUT2D eigenvalue weighted by Crippen LogP contribution is -2.48. The summed E-state index contributed by atoms with van der Waals surface area (Å²) in [5.74, 6) is -1.43. The third-order valence-corrected chi connectivity index (χ3v) is 6.27. The summed E-state index contributed by atoms with van der Waals surface area (Å²) in [5.41, 5.74) is 0.649. The number of aryl methyl sites for hydroxylation is 1. The van der Waals surface area contributed by atoms with Gasteiger partial charge in [0.2, 0.25) is 0 Å². The van der Waals surface area contributed by atoms with Gasteiger partial charge in [-0.1, -0.05) is 29.8 Å². The lowest BCUT2D eigenvalue weighted by Gasteiger charge is -2.37. The van der Waals surface area contributed by atoms with Gasteiger partial charge in [-0.25, -0.2) is 13.6 Å². The van der Waals surface area contributed by atoms with Crippen molar-refractivity contribution in [1.29, 1.82) is 0 Å². The Kier molecular flexibility index (Phi) is 5.40. The Morgan fingerprint density at radius 1 is 1.13 bits per heavy atom. The van der Waals surface area contributed by atoms with Crippen LogP contribution in [0.15, 0.2) is 36.4 Å². The van der Waals surface area contributed by atoms with Crippen LogP contribution in [-0.2, 0) is 11.3 Å². The lowest BCUT2D eigenvalue weighted by atomic mass is 9.90. The van der Waals surface area contributed by atoms with Crippen LogP contribution in [0, 0.1) is 18.6 Å². The van der Waals surface area contributed by atoms with E-state index in [2.05, 4.69) is 0 Å². The standard InChI is InChI=1S/C22H21ClF2N2O3/c1-14-2-7-17(25)18(19(14)23)20(28)26-10-8-22(9-11-26)13-27(21(29)30-22)12-15-3-5-16(24)6-4-15/h2-7H,8-13H2,1H3. The average molecular weight is 435 g/mol. The molecule has 2 aromatic carbocycles. The van der Waals surface area contributed by atoms with Gasteiger partial charge in [0.1, 0.15) is 17.2 Å². The molecule has 1 spiro atoms. The maximum Gasteiger partial charge on any atom is 0.410 e. The van der Waals surface area contributed by atoms with Gasteiger partial charge in [0, 0.05) is 32.5 Å². The highest BCUT2D eigenvalue weighted by Crippen LogP contribution is 2.35. The number of halogens is 3. The molecule has 2 heterocycles. The number of rotatable bonds is 3. The van der Waals surface area contributed by atoms with E-state index in [0.29, 0.717) is 44.6 Å². The largest absolute Gasteiger partial charge is 0.441 e. The molecule has 5 nitrogen and oxygen atoms in total. The molecule has 4 rings (SSSR count). The van der Waals surface area contributed by atoms with E-state index in [1.165, 1.54) is 24.3 Å². The van der Waals surface area contributed by atoms with Crippen LogP contribution in [0.1, 0.15) is 34.3 Å². The maximum absolute atomic E-state index is 14.2. The number of benzene rings is 2. The van der Waals surface area contributed by atoms with E-state index in [0.717, 1.165) is 5.56 Å². The monoisotopic (exact) mass is 434 g/mol. The zero-order valence-electron chi connectivity index (χ0n) is 16.5. The van der Waals surface area contributed by atoms with Crippen molar-refractivity contribution in [3.8, 4) is 0 Å². The SMILES string of the molecule is Cc1ccc(F)c(C(=O)N2CCC3(CC2)CN(Cc2ccc(F)cc2)C(=O)O3)c1Cl. The molecule has 2 aliphatic heterocycles. The molecule has 2 aromatic rings. The van der Waals surface area contributed by atoms with Crippen LogP contribution in [0.4, 0.5) is 13.6 Å². The number of carbonyl (C=O) groups is 2. The fraction of sp³-hybridized carbons (Fsp3) is 0.364. The summed E-state index contributed by atoms with van der Waals surface area (Å²) in [4.78, 5) is 28.3. The van der Waals surface area contributed by atoms with Gasteiger partial charge in [-0.15, -0.1) is 0 Å². The van der Waals surface area contributed by atoms with Gasteiger partial charge in [0.05, 0.1) is 17.1 Å². The van der Waals surface area contributed by atoms with Gasteiger partial charge in [-0.05, 0) is 36.2 Å². The second-order valence-electron chi connectivity index (χ2n) is 7.88. The quantitative estimate of drug-likeness (QED) is 0.712. The van der Waals surface area contributed by atoms with Gasteiger partial charge in [-0.3, -0.25) is 9.69 Å². The molecule has 2 amide bonds. The Labute approximate surface area is 178 Å². The molecule has 0 aliphatic carbocycles. The summed E-state index contributed by atoms with van der Waals surface area (Å²) < 4.78 is 33.0. The van der Waals surface area contributed by atoms with Crippen molar-refractivity contribution in [1.82, 2.24) is 9.80 Å². The number of likely N-dealkylation sites (tertiary alicyclic amines) is 1. The minimum atomic E-state index is -0.678. The Morgan fingerprint density at radius 2 is 1.80 bits per heavy atom. The third-order valence-electron chi connectivity index (χ3n) is 5.79. The van der Waals surface area contributed by atoms with Gasteiger partial charge in [-0.2, -0.15) is 0 Å². The summed E-state index contributed by atoms with van der Waals surface area (Å²) in [6, 6.07) is 8.75. The van der Waals surface area contributed by atoms with Crippen molar-refractivity contribution in [3.05, 3.63) is 69.7 Å². The highest BCUT2D eigenvalue weighted by Gasteiger charge is 2.47. The molecule has 8 heteroatoms. The highest BCUT2D eigenvalue weighted by atomic mass is 35.5. The molecule has 0 bridgehead atoms. The molecule has 158 valence electrons. The molecule has 0 saturated carbocycles. The molecule has 2 fully saturated rings. The molecular formula is C22H21ClF2N2O3. The van der Waals surface area contributed by atoms with Crippen molar-refractivity contribution >= 4 is 23.6 Å². The molecular weight excluding hydrogens is 414 g/mol. The Hall–Kier alpha value is -2.67. The molecule has 2 saturated heterocycles. The molecule has 0 N–H and O–H groups in total. The van der Waals surface area contributed by atoms with Crippen molar-refractivity contribution in [2.45, 2.75) is 31.9 Å². The van der Waals surface area contributed by atoms with E-state index >= 15 is 0 Å². The van der Waals surface area contributed by atoms with Crippen LogP contribution < -0.4 is 0 Å². The zero-order valence-corrected chi connectivity index (χ0v) is 17.2. The first-order valence-corrected chi connectivity index (χ1v) is 10.1. The van der Waals surface area contributed by atoms with E-state index < -0.39 is 23.4 Å². The number of piperidine rings is 1. The lowest BCUT2D eigenvalue weighted by molar-refractivity contribution is 0.00302. The number of carbonyl (C=O) groups excluding carboxylic acids is 2. The Bertz CT molecular complexity index is 989. The number of amides is 2. The normalized spacial score (nSPS) is 18.1. The Morgan fingerprint density at radius 3 is 2.47 bits per heavy atom. The van der Waals surface area contributed by atoms with E-state index in [4.69, 9.17) is 16.3 Å². The van der Waals surface area contributed by atoms with Crippen LogP contribution in [0.25, 0.3) is 0 Å². The first kappa shape index (κ1) is 20.6. The van der Waals surface area contributed by atoms with Crippen LogP contribution >= 0.6 is 11.6 Å². The van der Waals surface area contributed by atoms with E-state index in [1.54, 1.807) is 28.9 Å². The van der Waals surface area contributed by atoms with Crippen molar-refractivity contribution < 1.29 is 23.1 Å². The number of hydrogen-bond acceptors (Lipinski definition) is 3. The molecule has 2 aliphatic rings. The van der Waals surface area contributed by atoms with Crippen LogP contribution in [0.2, 0.25) is 5.02 Å². The van der Waals surface area contributed by atoms with Gasteiger partial charge in [0.15, 0.2) is 0 Å². The number of hydrogen-bond donors (Lipinski definition) is 0. The first-order chi connectivity index (χ1) is 14.3. The molecule has 0 aromatic heterocycles. The second-order valence-corrected chi connectivity index (χ2v) is 8.26. The van der Waals surface area contributed by atoms with Gasteiger partial charge < -0.3 is 9.64 Å². The highest BCUT2D eigenvalue weighted by molar-refractivity contribution is 6.34. The van der Waals surface area contributed by atoms with Crippen molar-refractivity contribution in [2.24, 2.45) is 0 Å². The maximum atomic E-state index is 14.2. The fourth-order valence-electron chi connectivity index (χ4n) is 4.01. The minimum absolute atomic E-state index is 0.117. The molecule has 0 radical (unpaired) electrons. The van der Waals surface area contributed by atoms with Crippen LogP contribution in [0.5, 0.6) is 0 Å². The summed E-state index contributed by atoms with van der Waals surface area (Å²) >= 11 is 6.17. The number of nitrogens with zero attached hydrogens (tertiary/aromatic N) is 2. The number of ether oxygens (including phenoxy) is 1. The zero-order chi connectivity index (χ0) is 21.5. The topological polar surface area (TPSA) is 49.9 Å². The summed E-state index contributed by atoms with van der Waals surface area (Å²) in [6.07, 6.45) is 0.483. The molecule has 0 atom stereocenters. The predicted octanol–water partition coefficient (Wildman–Crippen LogP) is 4.55. The summed E-state index contributed by atoms with van der Waals surface area (Å²) in [7, 11) is 0. The second kappa shape index (κ2) is 7.87. The minimum Gasteiger partial charge on any atom is -0.441 e. The summed E-state index contributed by atoms with van der Waals surface area (Å²) in [5, 5.41) is 0.123. The third kappa shape index (κ3) is 3.86. The first-order valence-electron chi connectivity index (χ1n) is 9.74. The fourth-order valence-corrected chi connectivity index (χ4v) is 4.25. The van der Waals surface area contributed by atoms with Crippen molar-refractivity contribution in [3.63, 3.8) is 0 Å². The summed E-state index contributed by atoms with van der Waals surface area (Å²) in [6.45, 7) is 3.11. The van der Waals surface area contributed by atoms with Crippen LogP contribution in [-0.4, -0.2) is 47.0 Å². The van der Waals surface area contributed by atoms with E-state index in [1.807, 2.05) is 0 Å². The van der Waals surface area contributed by atoms with E-state index in [-0.39, 0.29) is 16.4 Å². The van der Waals surface area contributed by atoms with Gasteiger partial charge >= 0.3 is 6.09 Å².